The number of nitrogens with one attached hydrogen (secondary N) is 1. The van der Waals surface area contributed by atoms with E-state index in [0.717, 1.165) is 63.5 Å². The van der Waals surface area contributed by atoms with E-state index in [4.69, 9.17) is 27.7 Å². The van der Waals surface area contributed by atoms with Crippen LogP contribution in [0.3, 0.4) is 0 Å². The van der Waals surface area contributed by atoms with Crippen molar-refractivity contribution in [1.82, 2.24) is 14.7 Å². The molecule has 1 saturated carbocycles. The molecule has 5 aromatic rings. The summed E-state index contributed by atoms with van der Waals surface area (Å²) in [6, 6.07) is 11.5. The van der Waals surface area contributed by atoms with Crippen LogP contribution in [0.25, 0.3) is 32.0 Å². The SMILES string of the molecule is Cc1onc2c1c(=O)n(C1CCCC(CNc3nc4ccc(Cl)cc4s3)C1)c1cccc(Cl)c21. The van der Waals surface area contributed by atoms with Crippen LogP contribution in [0.1, 0.15) is 37.5 Å². The van der Waals surface area contributed by atoms with Gasteiger partial charge in [-0.15, -0.1) is 0 Å². The smallest absolute Gasteiger partial charge is 0.264 e. The number of rotatable bonds is 4. The van der Waals surface area contributed by atoms with Crippen LogP contribution < -0.4 is 10.9 Å². The summed E-state index contributed by atoms with van der Waals surface area (Å²) in [6.07, 6.45) is 4.03. The van der Waals surface area contributed by atoms with Gasteiger partial charge in [-0.1, -0.05) is 52.2 Å². The van der Waals surface area contributed by atoms with Crippen molar-refractivity contribution in [2.24, 2.45) is 5.92 Å². The minimum atomic E-state index is -0.0508. The zero-order chi connectivity index (χ0) is 23.4. The highest BCUT2D eigenvalue weighted by molar-refractivity contribution is 7.22. The molecule has 0 spiro atoms. The number of pyridine rings is 1. The van der Waals surface area contributed by atoms with Crippen molar-refractivity contribution < 1.29 is 4.52 Å². The van der Waals surface area contributed by atoms with Gasteiger partial charge in [-0.05, 0) is 62.4 Å². The Morgan fingerprint density at radius 1 is 1.21 bits per heavy atom. The predicted molar refractivity (Wildman–Crippen MR) is 140 cm³/mol. The molecule has 1 aliphatic rings. The first kappa shape index (κ1) is 21.9. The summed E-state index contributed by atoms with van der Waals surface area (Å²) < 4.78 is 8.40. The van der Waals surface area contributed by atoms with Crippen molar-refractivity contribution in [2.75, 3.05) is 11.9 Å². The monoisotopic (exact) mass is 512 g/mol. The maximum Gasteiger partial charge on any atom is 0.264 e. The maximum atomic E-state index is 13.6. The third-order valence-electron chi connectivity index (χ3n) is 6.80. The number of aryl methyl sites for hydroxylation is 1. The molecule has 174 valence electrons. The lowest BCUT2D eigenvalue weighted by Gasteiger charge is -2.31. The van der Waals surface area contributed by atoms with E-state index >= 15 is 0 Å². The Kier molecular flexibility index (Phi) is 5.51. The first-order chi connectivity index (χ1) is 16.5. The van der Waals surface area contributed by atoms with E-state index in [2.05, 4.69) is 15.5 Å². The third kappa shape index (κ3) is 3.67. The van der Waals surface area contributed by atoms with Crippen molar-refractivity contribution >= 4 is 71.7 Å². The lowest BCUT2D eigenvalue weighted by molar-refractivity contribution is 0.277. The third-order valence-corrected chi connectivity index (χ3v) is 8.32. The molecule has 2 aromatic carbocycles. The van der Waals surface area contributed by atoms with E-state index in [9.17, 15) is 4.79 Å². The topological polar surface area (TPSA) is 73.0 Å². The minimum Gasteiger partial charge on any atom is -0.361 e. The Balaban J connectivity index is 1.31. The Bertz CT molecular complexity index is 1610. The number of benzene rings is 2. The highest BCUT2D eigenvalue weighted by Gasteiger charge is 2.28. The van der Waals surface area contributed by atoms with Gasteiger partial charge in [-0.3, -0.25) is 4.79 Å². The molecule has 0 bridgehead atoms. The number of fused-ring (bicyclic) bond motifs is 4. The summed E-state index contributed by atoms with van der Waals surface area (Å²) in [4.78, 5) is 18.3. The average Bonchev–Trinajstić information content (AvgIpc) is 3.41. The highest BCUT2D eigenvalue weighted by Crippen LogP contribution is 2.37. The summed E-state index contributed by atoms with van der Waals surface area (Å²) in [5.74, 6) is 0.954. The van der Waals surface area contributed by atoms with Gasteiger partial charge in [-0.2, -0.15) is 0 Å². The standard InChI is InChI=1S/C25H22Cl2N4O2S/c1-13-21-23(30-33-13)22-17(27)6-3-7-19(22)31(24(21)32)16-5-2-4-14(10-16)12-28-25-29-18-9-8-15(26)11-20(18)34-25/h3,6-9,11,14,16H,2,4-5,10,12H2,1H3,(H,28,29). The second kappa shape index (κ2) is 8.56. The van der Waals surface area contributed by atoms with Crippen molar-refractivity contribution in [1.29, 1.82) is 0 Å². The fourth-order valence-corrected chi connectivity index (χ4v) is 6.63. The van der Waals surface area contributed by atoms with Crippen LogP contribution in [0.4, 0.5) is 5.13 Å². The maximum absolute atomic E-state index is 13.6. The fraction of sp³-hybridized carbons (Fsp3) is 0.320. The summed E-state index contributed by atoms with van der Waals surface area (Å²) >= 11 is 14.3. The summed E-state index contributed by atoms with van der Waals surface area (Å²) in [5.41, 5.74) is 2.26. The highest BCUT2D eigenvalue weighted by atomic mass is 35.5. The normalized spacial score (nSPS) is 18.8. The number of anilines is 1. The van der Waals surface area contributed by atoms with E-state index in [0.29, 0.717) is 27.6 Å². The molecular weight excluding hydrogens is 491 g/mol. The van der Waals surface area contributed by atoms with Crippen LogP contribution in [-0.2, 0) is 0 Å². The number of halogens is 2. The van der Waals surface area contributed by atoms with E-state index in [1.54, 1.807) is 18.3 Å². The van der Waals surface area contributed by atoms with Gasteiger partial charge in [0.05, 0.1) is 20.8 Å². The molecule has 1 aliphatic carbocycles. The molecule has 1 N–H and O–H groups in total. The zero-order valence-electron chi connectivity index (χ0n) is 18.5. The van der Waals surface area contributed by atoms with E-state index < -0.39 is 0 Å². The summed E-state index contributed by atoms with van der Waals surface area (Å²) in [7, 11) is 0. The van der Waals surface area contributed by atoms with E-state index in [-0.39, 0.29) is 11.6 Å². The van der Waals surface area contributed by atoms with Gasteiger partial charge in [-0.25, -0.2) is 4.98 Å². The van der Waals surface area contributed by atoms with Crippen molar-refractivity contribution in [3.8, 4) is 0 Å². The number of aromatic nitrogens is 3. The van der Waals surface area contributed by atoms with Gasteiger partial charge < -0.3 is 14.4 Å². The van der Waals surface area contributed by atoms with E-state index in [1.165, 1.54) is 0 Å². The van der Waals surface area contributed by atoms with Gasteiger partial charge >= 0.3 is 0 Å². The van der Waals surface area contributed by atoms with Gasteiger partial charge in [0.15, 0.2) is 5.13 Å². The molecule has 34 heavy (non-hydrogen) atoms. The van der Waals surface area contributed by atoms with Crippen LogP contribution >= 0.6 is 34.5 Å². The Morgan fingerprint density at radius 3 is 2.97 bits per heavy atom. The Hall–Kier alpha value is -2.61. The molecule has 1 fully saturated rings. The number of hydrogen-bond donors (Lipinski definition) is 1. The Labute approximate surface area is 209 Å². The van der Waals surface area contributed by atoms with Crippen molar-refractivity contribution in [3.63, 3.8) is 0 Å². The van der Waals surface area contributed by atoms with Crippen molar-refractivity contribution in [3.05, 3.63) is 62.6 Å². The lowest BCUT2D eigenvalue weighted by atomic mass is 9.85. The zero-order valence-corrected chi connectivity index (χ0v) is 20.8. The summed E-state index contributed by atoms with van der Waals surface area (Å²) in [6.45, 7) is 2.59. The van der Waals surface area contributed by atoms with Crippen LogP contribution in [-0.4, -0.2) is 21.3 Å². The molecule has 9 heteroatoms. The quantitative estimate of drug-likeness (QED) is 0.275. The second-order valence-corrected chi connectivity index (χ2v) is 10.8. The first-order valence-corrected chi connectivity index (χ1v) is 13.0. The molecule has 2 unspecified atom stereocenters. The molecule has 0 saturated heterocycles. The Morgan fingerprint density at radius 2 is 2.09 bits per heavy atom. The molecule has 3 aromatic heterocycles. The predicted octanol–water partition coefficient (Wildman–Crippen LogP) is 7.21. The van der Waals surface area contributed by atoms with Crippen LogP contribution in [0.2, 0.25) is 10.0 Å². The average molecular weight is 513 g/mol. The molecule has 0 aliphatic heterocycles. The van der Waals surface area contributed by atoms with Gasteiger partial charge in [0.25, 0.3) is 5.56 Å². The first-order valence-electron chi connectivity index (χ1n) is 11.4. The number of thiazole rings is 1. The molecule has 2 atom stereocenters. The number of hydrogen-bond acceptors (Lipinski definition) is 6. The number of nitrogens with zero attached hydrogens (tertiary/aromatic N) is 3. The molecular formula is C25H22Cl2N4O2S. The van der Waals surface area contributed by atoms with Crippen LogP contribution in [0.15, 0.2) is 45.7 Å². The summed E-state index contributed by atoms with van der Waals surface area (Å²) in [5, 5.41) is 11.2. The minimum absolute atomic E-state index is 0.0508. The van der Waals surface area contributed by atoms with Gasteiger partial charge in [0, 0.05) is 23.0 Å². The molecule has 6 nitrogen and oxygen atoms in total. The molecule has 6 rings (SSSR count). The second-order valence-electron chi connectivity index (χ2n) is 8.97. The molecule has 3 heterocycles. The molecule has 0 amide bonds. The molecule has 0 radical (unpaired) electrons. The van der Waals surface area contributed by atoms with Crippen LogP contribution in [0.5, 0.6) is 0 Å². The lowest BCUT2D eigenvalue weighted by Crippen LogP contribution is -2.31. The van der Waals surface area contributed by atoms with E-state index in [1.807, 2.05) is 41.0 Å². The van der Waals surface area contributed by atoms with Crippen LogP contribution in [0, 0.1) is 12.8 Å². The largest absolute Gasteiger partial charge is 0.361 e. The van der Waals surface area contributed by atoms with Gasteiger partial charge in [0.1, 0.15) is 16.7 Å². The fourth-order valence-electron chi connectivity index (χ4n) is 5.22. The van der Waals surface area contributed by atoms with Crippen molar-refractivity contribution in [2.45, 2.75) is 38.6 Å². The van der Waals surface area contributed by atoms with Gasteiger partial charge in [0.2, 0.25) is 0 Å².